The standard InChI is InChI=1S/C23H33N3O2.HI/c1-2-24-22(25-20-19-11-16-27-21(19)23(20)12-6-13-23)26-14-9-18(10-15-26)28-17-7-4-3-5-8-17;/h3-5,7-8,18-21H,2,6,9-16H2,1H3,(H,24,25);1H. The molecule has 4 fully saturated rings. The molecule has 0 amide bonds. The maximum atomic E-state index is 6.17. The van der Waals surface area contributed by atoms with E-state index in [2.05, 4.69) is 17.1 Å². The molecule has 3 atom stereocenters. The number of nitrogens with zero attached hydrogens (tertiary/aromatic N) is 2. The number of fused-ring (bicyclic) bond motifs is 2. The molecule has 160 valence electrons. The summed E-state index contributed by atoms with van der Waals surface area (Å²) in [4.78, 5) is 7.31. The molecule has 2 heterocycles. The van der Waals surface area contributed by atoms with Crippen LogP contribution < -0.4 is 10.1 Å². The lowest BCUT2D eigenvalue weighted by Gasteiger charge is -2.63. The van der Waals surface area contributed by atoms with E-state index in [0.29, 0.717) is 29.6 Å². The van der Waals surface area contributed by atoms with Crippen LogP contribution in [-0.4, -0.2) is 55.4 Å². The molecule has 0 aromatic heterocycles. The Morgan fingerprint density at radius 3 is 2.62 bits per heavy atom. The van der Waals surface area contributed by atoms with Crippen molar-refractivity contribution in [3.05, 3.63) is 30.3 Å². The summed E-state index contributed by atoms with van der Waals surface area (Å²) >= 11 is 0. The Kier molecular flexibility index (Phi) is 6.59. The summed E-state index contributed by atoms with van der Waals surface area (Å²) in [5, 5.41) is 3.91. The summed E-state index contributed by atoms with van der Waals surface area (Å²) in [6, 6.07) is 10.8. The fraction of sp³-hybridized carbons (Fsp3) is 0.696. The van der Waals surface area contributed by atoms with E-state index in [1.807, 2.05) is 30.3 Å². The zero-order valence-corrected chi connectivity index (χ0v) is 19.7. The smallest absolute Gasteiger partial charge is 0.194 e. The van der Waals surface area contributed by atoms with Gasteiger partial charge in [-0.2, -0.15) is 0 Å². The van der Waals surface area contributed by atoms with Crippen molar-refractivity contribution < 1.29 is 9.47 Å². The predicted octanol–water partition coefficient (Wildman–Crippen LogP) is 4.07. The van der Waals surface area contributed by atoms with Gasteiger partial charge in [0, 0.05) is 56.5 Å². The monoisotopic (exact) mass is 511 g/mol. The SMILES string of the molecule is CCN=C(NC1C2CCOC2C12CCC2)N1CCC(Oc2ccccc2)CC1.I. The molecule has 1 N–H and O–H groups in total. The third kappa shape index (κ3) is 3.87. The highest BCUT2D eigenvalue weighted by atomic mass is 127. The molecule has 2 saturated carbocycles. The number of guanidine groups is 1. The number of nitrogens with one attached hydrogen (secondary N) is 1. The Morgan fingerprint density at radius 2 is 1.97 bits per heavy atom. The molecular weight excluding hydrogens is 477 g/mol. The van der Waals surface area contributed by atoms with Crippen LogP contribution in [-0.2, 0) is 4.74 Å². The van der Waals surface area contributed by atoms with E-state index >= 15 is 0 Å². The average Bonchev–Trinajstić information content (AvgIpc) is 3.10. The maximum Gasteiger partial charge on any atom is 0.194 e. The topological polar surface area (TPSA) is 46.1 Å². The van der Waals surface area contributed by atoms with Crippen LogP contribution in [0.5, 0.6) is 5.75 Å². The lowest BCUT2D eigenvalue weighted by atomic mass is 9.46. The zero-order chi connectivity index (χ0) is 19.0. The second-order valence-corrected chi connectivity index (χ2v) is 8.87. The molecular formula is C23H34IN3O2. The van der Waals surface area contributed by atoms with Gasteiger partial charge in [0.2, 0.25) is 0 Å². The Labute approximate surface area is 191 Å². The molecule has 5 nitrogen and oxygen atoms in total. The van der Waals surface area contributed by atoms with Gasteiger partial charge in [-0.25, -0.2) is 0 Å². The van der Waals surface area contributed by atoms with Crippen molar-refractivity contribution in [1.29, 1.82) is 0 Å². The number of para-hydroxylation sites is 1. The van der Waals surface area contributed by atoms with Gasteiger partial charge in [0.15, 0.2) is 5.96 Å². The first-order valence-corrected chi connectivity index (χ1v) is 11.2. The third-order valence-electron chi connectivity index (χ3n) is 7.42. The van der Waals surface area contributed by atoms with Crippen molar-refractivity contribution >= 4 is 29.9 Å². The van der Waals surface area contributed by atoms with Crippen molar-refractivity contribution in [2.45, 2.75) is 63.7 Å². The van der Waals surface area contributed by atoms with Crippen molar-refractivity contribution in [3.8, 4) is 5.75 Å². The van der Waals surface area contributed by atoms with E-state index < -0.39 is 0 Å². The van der Waals surface area contributed by atoms with Crippen LogP contribution in [0.3, 0.4) is 0 Å². The Morgan fingerprint density at radius 1 is 1.21 bits per heavy atom. The summed E-state index contributed by atoms with van der Waals surface area (Å²) in [5.41, 5.74) is 0.393. The van der Waals surface area contributed by atoms with E-state index in [1.54, 1.807) is 0 Å². The van der Waals surface area contributed by atoms with Crippen LogP contribution in [0.25, 0.3) is 0 Å². The molecule has 1 spiro atoms. The number of rotatable bonds is 4. The molecule has 5 rings (SSSR count). The number of halogens is 1. The molecule has 4 aliphatic rings. The lowest BCUT2D eigenvalue weighted by molar-refractivity contribution is -0.171. The van der Waals surface area contributed by atoms with E-state index in [0.717, 1.165) is 50.8 Å². The minimum Gasteiger partial charge on any atom is -0.490 e. The minimum absolute atomic E-state index is 0. The van der Waals surface area contributed by atoms with E-state index in [-0.39, 0.29) is 24.0 Å². The molecule has 1 aromatic carbocycles. The molecule has 2 aliphatic carbocycles. The summed E-state index contributed by atoms with van der Waals surface area (Å²) in [5.74, 6) is 2.78. The Balaban J connectivity index is 0.00000205. The normalized spacial score (nSPS) is 30.7. The molecule has 1 aromatic rings. The largest absolute Gasteiger partial charge is 0.490 e. The van der Waals surface area contributed by atoms with Crippen molar-refractivity contribution in [2.24, 2.45) is 16.3 Å². The van der Waals surface area contributed by atoms with Crippen molar-refractivity contribution in [1.82, 2.24) is 10.2 Å². The van der Waals surface area contributed by atoms with Gasteiger partial charge in [0.25, 0.3) is 0 Å². The quantitative estimate of drug-likeness (QED) is 0.376. The number of hydrogen-bond donors (Lipinski definition) is 1. The van der Waals surface area contributed by atoms with Crippen LogP contribution in [0, 0.1) is 11.3 Å². The number of hydrogen-bond acceptors (Lipinski definition) is 3. The number of likely N-dealkylation sites (tertiary alicyclic amines) is 1. The number of piperidine rings is 1. The van der Waals surface area contributed by atoms with Gasteiger partial charge in [-0.1, -0.05) is 24.6 Å². The first-order valence-electron chi connectivity index (χ1n) is 11.2. The summed E-state index contributed by atoms with van der Waals surface area (Å²) < 4.78 is 12.3. The van der Waals surface area contributed by atoms with Gasteiger partial charge in [-0.3, -0.25) is 4.99 Å². The fourth-order valence-electron chi connectivity index (χ4n) is 5.86. The molecule has 0 radical (unpaired) electrons. The average molecular weight is 511 g/mol. The molecule has 2 saturated heterocycles. The highest BCUT2D eigenvalue weighted by molar-refractivity contribution is 14.0. The van der Waals surface area contributed by atoms with E-state index in [1.165, 1.54) is 25.7 Å². The summed E-state index contributed by atoms with van der Waals surface area (Å²) in [6.07, 6.45) is 8.09. The van der Waals surface area contributed by atoms with Crippen LogP contribution >= 0.6 is 24.0 Å². The highest BCUT2D eigenvalue weighted by Gasteiger charge is 2.66. The van der Waals surface area contributed by atoms with Crippen LogP contribution in [0.15, 0.2) is 35.3 Å². The highest BCUT2D eigenvalue weighted by Crippen LogP contribution is 2.62. The van der Waals surface area contributed by atoms with Crippen LogP contribution in [0.2, 0.25) is 0 Å². The van der Waals surface area contributed by atoms with Gasteiger partial charge in [-0.15, -0.1) is 24.0 Å². The molecule has 0 bridgehead atoms. The minimum atomic E-state index is 0. The second-order valence-electron chi connectivity index (χ2n) is 8.87. The van der Waals surface area contributed by atoms with Crippen molar-refractivity contribution in [2.75, 3.05) is 26.2 Å². The molecule has 2 aliphatic heterocycles. The fourth-order valence-corrected chi connectivity index (χ4v) is 5.86. The zero-order valence-electron chi connectivity index (χ0n) is 17.4. The van der Waals surface area contributed by atoms with Crippen LogP contribution in [0.4, 0.5) is 0 Å². The number of ether oxygens (including phenoxy) is 2. The summed E-state index contributed by atoms with van der Waals surface area (Å²) in [7, 11) is 0. The van der Waals surface area contributed by atoms with E-state index in [9.17, 15) is 0 Å². The third-order valence-corrected chi connectivity index (χ3v) is 7.42. The second kappa shape index (κ2) is 9.00. The predicted molar refractivity (Wildman–Crippen MR) is 126 cm³/mol. The molecule has 6 heteroatoms. The van der Waals surface area contributed by atoms with Crippen molar-refractivity contribution in [3.63, 3.8) is 0 Å². The van der Waals surface area contributed by atoms with Gasteiger partial charge in [0.1, 0.15) is 11.9 Å². The maximum absolute atomic E-state index is 6.17. The van der Waals surface area contributed by atoms with Gasteiger partial charge in [0.05, 0.1) is 6.10 Å². The Bertz CT molecular complexity index is 701. The Hall–Kier alpha value is -1.02. The molecule has 29 heavy (non-hydrogen) atoms. The first-order chi connectivity index (χ1) is 13.8. The summed E-state index contributed by atoms with van der Waals surface area (Å²) in [6.45, 7) is 5.92. The van der Waals surface area contributed by atoms with Gasteiger partial charge in [-0.05, 0) is 38.3 Å². The van der Waals surface area contributed by atoms with Crippen LogP contribution in [0.1, 0.15) is 45.4 Å². The van der Waals surface area contributed by atoms with Gasteiger partial charge < -0.3 is 19.7 Å². The van der Waals surface area contributed by atoms with Gasteiger partial charge >= 0.3 is 0 Å². The number of benzene rings is 1. The lowest BCUT2D eigenvalue weighted by Crippen LogP contribution is -2.72. The first kappa shape index (κ1) is 21.2. The number of aliphatic imine (C=N–C) groups is 1. The molecule has 3 unspecified atom stereocenters. The van der Waals surface area contributed by atoms with E-state index in [4.69, 9.17) is 14.5 Å².